The third-order valence-electron chi connectivity index (χ3n) is 3.63. The first kappa shape index (κ1) is 18.7. The van der Waals surface area contributed by atoms with Gasteiger partial charge in [0.05, 0.1) is 24.0 Å². The van der Waals surface area contributed by atoms with Crippen LogP contribution in [0.15, 0.2) is 36.7 Å². The fraction of sp³-hybridized carbons (Fsp3) is 0.421. The normalized spacial score (nSPS) is 11.2. The average Bonchev–Trinajstić information content (AvgIpc) is 3.00. The molecule has 0 saturated heterocycles. The summed E-state index contributed by atoms with van der Waals surface area (Å²) in [5, 5.41) is 7.09. The van der Waals surface area contributed by atoms with Gasteiger partial charge in [0, 0.05) is 18.2 Å². The van der Waals surface area contributed by atoms with Crippen molar-refractivity contribution in [3.63, 3.8) is 0 Å². The predicted molar refractivity (Wildman–Crippen MR) is 97.0 cm³/mol. The molecule has 1 aromatic heterocycles. The molecular formula is C19H25N3O3. The van der Waals surface area contributed by atoms with Gasteiger partial charge in [-0.15, -0.1) is 0 Å². The summed E-state index contributed by atoms with van der Waals surface area (Å²) in [5.41, 5.74) is 1.23. The van der Waals surface area contributed by atoms with E-state index in [2.05, 4.69) is 10.4 Å². The molecule has 134 valence electrons. The van der Waals surface area contributed by atoms with Gasteiger partial charge in [-0.1, -0.05) is 0 Å². The molecule has 0 atom stereocenters. The number of amides is 1. The van der Waals surface area contributed by atoms with Gasteiger partial charge in [0.15, 0.2) is 5.78 Å². The van der Waals surface area contributed by atoms with Crippen LogP contribution in [0.5, 0.6) is 5.75 Å². The number of ketones is 1. The summed E-state index contributed by atoms with van der Waals surface area (Å²) in [7, 11) is 0. The Bertz CT molecular complexity index is 727. The monoisotopic (exact) mass is 343 g/mol. The standard InChI is InChI=1S/C19H25N3O3/c1-14(23)15-7-9-17(10-8-15)25-11-5-6-18(24)21-16-12-20-22(13-16)19(2,3)4/h7-10,12-13H,5-6,11H2,1-4H3,(H,21,24). The molecule has 0 aliphatic rings. The smallest absolute Gasteiger partial charge is 0.224 e. The van der Waals surface area contributed by atoms with Crippen molar-refractivity contribution in [1.29, 1.82) is 0 Å². The molecule has 1 aromatic carbocycles. The molecule has 0 fully saturated rings. The van der Waals surface area contributed by atoms with Crippen molar-refractivity contribution >= 4 is 17.4 Å². The number of hydrogen-bond donors (Lipinski definition) is 1. The van der Waals surface area contributed by atoms with E-state index in [1.54, 1.807) is 30.5 Å². The maximum absolute atomic E-state index is 12.0. The second-order valence-electron chi connectivity index (χ2n) is 6.93. The lowest BCUT2D eigenvalue weighted by atomic mass is 10.1. The van der Waals surface area contributed by atoms with Crippen LogP contribution in [0.3, 0.4) is 0 Å². The molecular weight excluding hydrogens is 318 g/mol. The predicted octanol–water partition coefficient (Wildman–Crippen LogP) is 3.64. The molecule has 0 radical (unpaired) electrons. The highest BCUT2D eigenvalue weighted by Gasteiger charge is 2.14. The van der Waals surface area contributed by atoms with E-state index in [1.165, 1.54) is 6.92 Å². The van der Waals surface area contributed by atoms with Crippen LogP contribution in [0.25, 0.3) is 0 Å². The molecule has 0 saturated carbocycles. The van der Waals surface area contributed by atoms with Gasteiger partial charge in [-0.2, -0.15) is 5.10 Å². The van der Waals surface area contributed by atoms with Crippen molar-refractivity contribution in [2.45, 2.75) is 46.1 Å². The number of nitrogens with zero attached hydrogens (tertiary/aromatic N) is 2. The highest BCUT2D eigenvalue weighted by Crippen LogP contribution is 2.16. The third kappa shape index (κ3) is 5.74. The molecule has 6 heteroatoms. The van der Waals surface area contributed by atoms with Crippen LogP contribution in [0, 0.1) is 0 Å². The van der Waals surface area contributed by atoms with Crippen molar-refractivity contribution in [2.75, 3.05) is 11.9 Å². The van der Waals surface area contributed by atoms with E-state index in [4.69, 9.17) is 4.74 Å². The Labute approximate surface area is 148 Å². The van der Waals surface area contributed by atoms with E-state index in [-0.39, 0.29) is 17.2 Å². The lowest BCUT2D eigenvalue weighted by Crippen LogP contribution is -2.22. The molecule has 0 unspecified atom stereocenters. The molecule has 1 heterocycles. The zero-order valence-corrected chi connectivity index (χ0v) is 15.2. The van der Waals surface area contributed by atoms with Gasteiger partial charge in [0.1, 0.15) is 5.75 Å². The topological polar surface area (TPSA) is 73.2 Å². The summed E-state index contributed by atoms with van der Waals surface area (Å²) >= 11 is 0. The summed E-state index contributed by atoms with van der Waals surface area (Å²) in [6.07, 6.45) is 4.45. The number of carbonyl (C=O) groups is 2. The van der Waals surface area contributed by atoms with E-state index in [1.807, 2.05) is 31.6 Å². The number of nitrogens with one attached hydrogen (secondary N) is 1. The third-order valence-corrected chi connectivity index (χ3v) is 3.63. The van der Waals surface area contributed by atoms with Crippen LogP contribution in [-0.4, -0.2) is 28.1 Å². The highest BCUT2D eigenvalue weighted by atomic mass is 16.5. The van der Waals surface area contributed by atoms with Crippen LogP contribution in [-0.2, 0) is 10.3 Å². The van der Waals surface area contributed by atoms with Crippen LogP contribution >= 0.6 is 0 Å². The molecule has 0 aliphatic heterocycles. The largest absolute Gasteiger partial charge is 0.494 e. The number of hydrogen-bond acceptors (Lipinski definition) is 4. The van der Waals surface area contributed by atoms with E-state index >= 15 is 0 Å². The Morgan fingerprint density at radius 2 is 1.88 bits per heavy atom. The Kier molecular flexibility index (Phi) is 5.96. The van der Waals surface area contributed by atoms with Gasteiger partial charge in [-0.3, -0.25) is 14.3 Å². The molecule has 0 bridgehead atoms. The summed E-state index contributed by atoms with van der Waals surface area (Å²) in [5.74, 6) is 0.652. The van der Waals surface area contributed by atoms with Crippen LogP contribution in [0.4, 0.5) is 5.69 Å². The van der Waals surface area contributed by atoms with E-state index in [0.717, 1.165) is 0 Å². The van der Waals surface area contributed by atoms with E-state index < -0.39 is 0 Å². The van der Waals surface area contributed by atoms with Crippen LogP contribution in [0.1, 0.15) is 50.9 Å². The molecule has 1 N–H and O–H groups in total. The minimum atomic E-state index is -0.116. The number of benzene rings is 1. The first-order valence-corrected chi connectivity index (χ1v) is 8.34. The van der Waals surface area contributed by atoms with Gasteiger partial charge < -0.3 is 10.1 Å². The Hall–Kier alpha value is -2.63. The number of Topliss-reactive ketones (excluding diaryl/α,β-unsaturated/α-hetero) is 1. The Balaban J connectivity index is 1.71. The maximum atomic E-state index is 12.0. The molecule has 0 spiro atoms. The summed E-state index contributed by atoms with van der Waals surface area (Å²) in [4.78, 5) is 23.2. The summed E-state index contributed by atoms with van der Waals surface area (Å²) in [6, 6.07) is 6.99. The fourth-order valence-electron chi connectivity index (χ4n) is 2.19. The molecule has 6 nitrogen and oxygen atoms in total. The van der Waals surface area contributed by atoms with Gasteiger partial charge in [-0.25, -0.2) is 0 Å². The minimum Gasteiger partial charge on any atom is -0.494 e. The SMILES string of the molecule is CC(=O)c1ccc(OCCCC(=O)Nc2cnn(C(C)(C)C)c2)cc1. The van der Waals surface area contributed by atoms with Gasteiger partial charge in [0.2, 0.25) is 5.91 Å². The first-order chi connectivity index (χ1) is 11.8. The number of aromatic nitrogens is 2. The Morgan fingerprint density at radius 1 is 1.20 bits per heavy atom. The number of rotatable bonds is 7. The van der Waals surface area contributed by atoms with Gasteiger partial charge in [-0.05, 0) is 58.4 Å². The maximum Gasteiger partial charge on any atom is 0.224 e. The van der Waals surface area contributed by atoms with Crippen LogP contribution in [0.2, 0.25) is 0 Å². The molecule has 2 rings (SSSR count). The summed E-state index contributed by atoms with van der Waals surface area (Å²) in [6.45, 7) is 8.11. The number of anilines is 1. The van der Waals surface area contributed by atoms with Crippen molar-refractivity contribution in [3.8, 4) is 5.75 Å². The minimum absolute atomic E-state index is 0.0259. The highest BCUT2D eigenvalue weighted by molar-refractivity contribution is 5.94. The van der Waals surface area contributed by atoms with E-state index in [0.29, 0.717) is 36.4 Å². The second kappa shape index (κ2) is 7.96. The Morgan fingerprint density at radius 3 is 2.44 bits per heavy atom. The first-order valence-electron chi connectivity index (χ1n) is 8.34. The molecule has 1 amide bonds. The summed E-state index contributed by atoms with van der Waals surface area (Å²) < 4.78 is 7.40. The average molecular weight is 343 g/mol. The zero-order valence-electron chi connectivity index (χ0n) is 15.2. The quantitative estimate of drug-likeness (QED) is 0.615. The molecule has 0 aliphatic carbocycles. The fourth-order valence-corrected chi connectivity index (χ4v) is 2.19. The number of ether oxygens (including phenoxy) is 1. The van der Waals surface area contributed by atoms with Gasteiger partial charge >= 0.3 is 0 Å². The van der Waals surface area contributed by atoms with Crippen molar-refractivity contribution in [1.82, 2.24) is 9.78 Å². The zero-order chi connectivity index (χ0) is 18.4. The van der Waals surface area contributed by atoms with Crippen molar-refractivity contribution in [3.05, 3.63) is 42.2 Å². The molecule has 2 aromatic rings. The lowest BCUT2D eigenvalue weighted by molar-refractivity contribution is -0.116. The second-order valence-corrected chi connectivity index (χ2v) is 6.93. The van der Waals surface area contributed by atoms with Crippen LogP contribution < -0.4 is 10.1 Å². The lowest BCUT2D eigenvalue weighted by Gasteiger charge is -2.18. The number of carbonyl (C=O) groups excluding carboxylic acids is 2. The van der Waals surface area contributed by atoms with Crippen molar-refractivity contribution in [2.24, 2.45) is 0 Å². The van der Waals surface area contributed by atoms with Crippen molar-refractivity contribution < 1.29 is 14.3 Å². The van der Waals surface area contributed by atoms with E-state index in [9.17, 15) is 9.59 Å². The van der Waals surface area contributed by atoms with Gasteiger partial charge in [0.25, 0.3) is 0 Å². The molecule has 25 heavy (non-hydrogen) atoms.